The van der Waals surface area contributed by atoms with E-state index in [4.69, 9.17) is 5.73 Å². The van der Waals surface area contributed by atoms with Crippen LogP contribution in [-0.4, -0.2) is 26.7 Å². The lowest BCUT2D eigenvalue weighted by atomic mass is 9.89. The molecule has 0 bridgehead atoms. The van der Waals surface area contributed by atoms with E-state index < -0.39 is 0 Å². The van der Waals surface area contributed by atoms with Crippen LogP contribution in [0.3, 0.4) is 0 Å². The molecular formula is C20H25N5O2S. The molecule has 0 aromatic carbocycles. The Kier molecular flexibility index (Phi) is 4.45. The minimum atomic E-state index is 0.0620. The Bertz CT molecular complexity index is 925. The van der Waals surface area contributed by atoms with E-state index in [2.05, 4.69) is 15.6 Å². The van der Waals surface area contributed by atoms with E-state index in [9.17, 15) is 9.59 Å². The minimum Gasteiger partial charge on any atom is -0.383 e. The highest BCUT2D eigenvalue weighted by molar-refractivity contribution is 7.17. The van der Waals surface area contributed by atoms with Crippen LogP contribution in [0.15, 0.2) is 6.20 Å². The molecule has 0 aliphatic heterocycles. The van der Waals surface area contributed by atoms with E-state index in [1.807, 2.05) is 0 Å². The van der Waals surface area contributed by atoms with Gasteiger partial charge in [0.2, 0.25) is 5.91 Å². The highest BCUT2D eigenvalue weighted by Gasteiger charge is 2.34. The van der Waals surface area contributed by atoms with Crippen molar-refractivity contribution in [3.05, 3.63) is 22.2 Å². The molecule has 1 atom stereocenters. The van der Waals surface area contributed by atoms with Gasteiger partial charge >= 0.3 is 0 Å². The first-order chi connectivity index (χ1) is 13.6. The molecule has 2 aromatic heterocycles. The third kappa shape index (κ3) is 3.45. The third-order valence-electron chi connectivity index (χ3n) is 6.12. The number of anilines is 2. The molecular weight excluding hydrogens is 374 g/mol. The zero-order valence-electron chi connectivity index (χ0n) is 15.8. The second kappa shape index (κ2) is 6.99. The molecule has 2 heterocycles. The fourth-order valence-electron chi connectivity index (χ4n) is 4.12. The molecule has 5 rings (SSSR count). The molecule has 2 fully saturated rings. The maximum absolute atomic E-state index is 13.2. The van der Waals surface area contributed by atoms with E-state index in [1.54, 1.807) is 22.2 Å². The molecule has 8 heteroatoms. The zero-order chi connectivity index (χ0) is 19.3. The molecule has 2 saturated carbocycles. The molecule has 28 heavy (non-hydrogen) atoms. The second-order valence-corrected chi connectivity index (χ2v) is 9.48. The molecule has 1 amide bonds. The average Bonchev–Trinajstić information content (AvgIpc) is 3.60. The predicted molar refractivity (Wildman–Crippen MR) is 107 cm³/mol. The van der Waals surface area contributed by atoms with Gasteiger partial charge in [0.25, 0.3) is 0 Å². The number of nitrogens with one attached hydrogen (secondary N) is 1. The van der Waals surface area contributed by atoms with Crippen LogP contribution in [0, 0.1) is 11.8 Å². The zero-order valence-corrected chi connectivity index (χ0v) is 16.6. The topological polar surface area (TPSA) is 103 Å². The van der Waals surface area contributed by atoms with Crippen molar-refractivity contribution >= 4 is 33.8 Å². The van der Waals surface area contributed by atoms with Crippen molar-refractivity contribution in [3.63, 3.8) is 0 Å². The number of amides is 1. The van der Waals surface area contributed by atoms with E-state index in [-0.39, 0.29) is 23.7 Å². The fourth-order valence-corrected chi connectivity index (χ4v) is 5.38. The van der Waals surface area contributed by atoms with Gasteiger partial charge < -0.3 is 11.1 Å². The van der Waals surface area contributed by atoms with Gasteiger partial charge in [-0.2, -0.15) is 0 Å². The SMILES string of the molecule is Nc1cnnn1C1CCc2sc(NC(=O)C3CC3)c(C(=O)CCC3CC3)c2C1. The van der Waals surface area contributed by atoms with Crippen LogP contribution in [0.5, 0.6) is 0 Å². The normalized spacial score (nSPS) is 21.4. The number of ketones is 1. The van der Waals surface area contributed by atoms with Crippen LogP contribution in [-0.2, 0) is 17.6 Å². The van der Waals surface area contributed by atoms with Crippen molar-refractivity contribution in [1.29, 1.82) is 0 Å². The number of nitrogen functional groups attached to an aromatic ring is 1. The summed E-state index contributed by atoms with van der Waals surface area (Å²) in [5.74, 6) is 1.61. The van der Waals surface area contributed by atoms with Crippen LogP contribution < -0.4 is 11.1 Å². The molecule has 148 valence electrons. The van der Waals surface area contributed by atoms with E-state index in [0.29, 0.717) is 24.6 Å². The molecule has 3 aliphatic rings. The standard InChI is InChI=1S/C20H25N5O2S/c21-17-10-22-24-25(17)13-6-8-16-14(9-13)18(15(26)7-3-11-1-2-11)20(28-16)23-19(27)12-4-5-12/h10-13H,1-9,21H2,(H,23,27). The number of aryl methyl sites for hydroxylation is 1. The first-order valence-corrected chi connectivity index (χ1v) is 11.1. The third-order valence-corrected chi connectivity index (χ3v) is 7.33. The quantitative estimate of drug-likeness (QED) is 0.695. The van der Waals surface area contributed by atoms with Gasteiger partial charge in [-0.05, 0) is 50.0 Å². The Balaban J connectivity index is 1.44. The smallest absolute Gasteiger partial charge is 0.228 e. The highest BCUT2D eigenvalue weighted by atomic mass is 32.1. The number of nitrogens with two attached hydrogens (primary N) is 1. The molecule has 3 aliphatic carbocycles. The van der Waals surface area contributed by atoms with Crippen LogP contribution in [0.4, 0.5) is 10.8 Å². The Morgan fingerprint density at radius 2 is 2.07 bits per heavy atom. The number of Topliss-reactive ketones (excluding diaryl/α,β-unsaturated/α-hetero) is 1. The van der Waals surface area contributed by atoms with Crippen molar-refractivity contribution in [2.45, 2.75) is 63.8 Å². The molecule has 0 radical (unpaired) electrons. The maximum atomic E-state index is 13.2. The van der Waals surface area contributed by atoms with Gasteiger partial charge in [-0.3, -0.25) is 9.59 Å². The van der Waals surface area contributed by atoms with Crippen molar-refractivity contribution in [1.82, 2.24) is 15.0 Å². The van der Waals surface area contributed by atoms with Gasteiger partial charge in [-0.25, -0.2) is 4.68 Å². The first kappa shape index (κ1) is 17.8. The number of hydrogen-bond acceptors (Lipinski definition) is 6. The van der Waals surface area contributed by atoms with Crippen molar-refractivity contribution in [3.8, 4) is 0 Å². The van der Waals surface area contributed by atoms with Crippen LogP contribution in [0.2, 0.25) is 0 Å². The summed E-state index contributed by atoms with van der Waals surface area (Å²) >= 11 is 1.59. The summed E-state index contributed by atoms with van der Waals surface area (Å²) in [5, 5.41) is 11.9. The summed E-state index contributed by atoms with van der Waals surface area (Å²) in [6, 6.07) is 0.103. The first-order valence-electron chi connectivity index (χ1n) is 10.2. The van der Waals surface area contributed by atoms with Gasteiger partial charge in [0, 0.05) is 17.2 Å². The lowest BCUT2D eigenvalue weighted by Crippen LogP contribution is -2.22. The van der Waals surface area contributed by atoms with Gasteiger partial charge in [0.1, 0.15) is 10.8 Å². The molecule has 0 saturated heterocycles. The Morgan fingerprint density at radius 3 is 2.75 bits per heavy atom. The number of hydrogen-bond donors (Lipinski definition) is 2. The van der Waals surface area contributed by atoms with Crippen molar-refractivity contribution < 1.29 is 9.59 Å². The number of aromatic nitrogens is 3. The highest BCUT2D eigenvalue weighted by Crippen LogP contribution is 2.43. The summed E-state index contributed by atoms with van der Waals surface area (Å²) in [6.07, 6.45) is 9.97. The summed E-state index contributed by atoms with van der Waals surface area (Å²) in [6.45, 7) is 0. The number of thiophene rings is 1. The largest absolute Gasteiger partial charge is 0.383 e. The van der Waals surface area contributed by atoms with E-state index in [0.717, 1.165) is 48.2 Å². The minimum absolute atomic E-state index is 0.0620. The summed E-state index contributed by atoms with van der Waals surface area (Å²) < 4.78 is 1.77. The maximum Gasteiger partial charge on any atom is 0.228 e. The van der Waals surface area contributed by atoms with Crippen LogP contribution in [0.1, 0.15) is 71.8 Å². The summed E-state index contributed by atoms with van der Waals surface area (Å²) in [7, 11) is 0. The van der Waals surface area contributed by atoms with Crippen LogP contribution in [0.25, 0.3) is 0 Å². The van der Waals surface area contributed by atoms with Crippen molar-refractivity contribution in [2.75, 3.05) is 11.1 Å². The van der Waals surface area contributed by atoms with Gasteiger partial charge in [-0.1, -0.05) is 18.1 Å². The Labute approximate surface area is 167 Å². The number of nitrogens with zero attached hydrogens (tertiary/aromatic N) is 3. The predicted octanol–water partition coefficient (Wildman–Crippen LogP) is 3.37. The fraction of sp³-hybridized carbons (Fsp3) is 0.600. The molecule has 0 spiro atoms. The monoisotopic (exact) mass is 399 g/mol. The van der Waals surface area contributed by atoms with Gasteiger partial charge in [-0.15, -0.1) is 16.4 Å². The number of rotatable bonds is 7. The van der Waals surface area contributed by atoms with Crippen molar-refractivity contribution in [2.24, 2.45) is 11.8 Å². The molecule has 3 N–H and O–H groups in total. The molecule has 7 nitrogen and oxygen atoms in total. The van der Waals surface area contributed by atoms with Gasteiger partial charge in [0.15, 0.2) is 5.78 Å². The molecule has 1 unspecified atom stereocenters. The molecule has 2 aromatic rings. The van der Waals surface area contributed by atoms with E-state index >= 15 is 0 Å². The lowest BCUT2D eigenvalue weighted by Gasteiger charge is -2.23. The lowest BCUT2D eigenvalue weighted by molar-refractivity contribution is -0.117. The Hall–Kier alpha value is -2.22. The summed E-state index contributed by atoms with van der Waals surface area (Å²) in [5.41, 5.74) is 7.84. The number of carbonyl (C=O) groups excluding carboxylic acids is 2. The second-order valence-electron chi connectivity index (χ2n) is 8.38. The average molecular weight is 400 g/mol. The number of carbonyl (C=O) groups is 2. The Morgan fingerprint density at radius 1 is 1.25 bits per heavy atom. The summed E-state index contributed by atoms with van der Waals surface area (Å²) in [4.78, 5) is 26.8. The van der Waals surface area contributed by atoms with Crippen LogP contribution >= 0.6 is 11.3 Å². The van der Waals surface area contributed by atoms with E-state index in [1.165, 1.54) is 17.7 Å². The van der Waals surface area contributed by atoms with Gasteiger partial charge in [0.05, 0.1) is 17.8 Å². The number of fused-ring (bicyclic) bond motifs is 1.